The second-order valence-corrected chi connectivity index (χ2v) is 6.42. The molecule has 0 aliphatic rings. The number of halogens is 1. The third kappa shape index (κ3) is 4.74. The lowest BCUT2D eigenvalue weighted by atomic mass is 10.2. The summed E-state index contributed by atoms with van der Waals surface area (Å²) in [5.74, 6) is 0.546. The molecule has 1 amide bonds. The number of aromatic nitrogens is 2. The van der Waals surface area contributed by atoms with Crippen LogP contribution in [0.25, 0.3) is 0 Å². The van der Waals surface area contributed by atoms with Crippen LogP contribution in [0.15, 0.2) is 48.5 Å². The van der Waals surface area contributed by atoms with Gasteiger partial charge < -0.3 is 15.4 Å². The maximum atomic E-state index is 12.6. The maximum Gasteiger partial charge on any atom is 0.274 e. The topological polar surface area (TPSA) is 76.1 Å². The zero-order chi connectivity index (χ0) is 19.4. The monoisotopic (exact) mass is 382 g/mol. The van der Waals surface area contributed by atoms with Gasteiger partial charge >= 0.3 is 0 Å². The largest absolute Gasteiger partial charge is 0.495 e. The average molecular weight is 383 g/mol. The standard InChI is InChI=1S/C20H19ClN4O2/c1-12-5-4-6-14(9-12)24-20-22-13(2)10-17(25-20)19(26)23-15-7-8-18(27-3)16(21)11-15/h4-11H,1-3H3,(H,23,26)(H,22,24,25). The van der Waals surface area contributed by atoms with Crippen LogP contribution in [0.5, 0.6) is 5.75 Å². The molecule has 0 saturated heterocycles. The van der Waals surface area contributed by atoms with Crippen molar-refractivity contribution >= 4 is 34.8 Å². The van der Waals surface area contributed by atoms with Gasteiger partial charge in [-0.3, -0.25) is 4.79 Å². The van der Waals surface area contributed by atoms with E-state index in [9.17, 15) is 4.79 Å². The molecule has 138 valence electrons. The molecule has 0 fully saturated rings. The van der Waals surface area contributed by atoms with Gasteiger partial charge in [-0.2, -0.15) is 0 Å². The van der Waals surface area contributed by atoms with Gasteiger partial charge in [-0.05, 0) is 55.8 Å². The zero-order valence-electron chi connectivity index (χ0n) is 15.2. The minimum absolute atomic E-state index is 0.254. The fourth-order valence-corrected chi connectivity index (χ4v) is 2.79. The molecular weight excluding hydrogens is 364 g/mol. The Morgan fingerprint density at radius 2 is 1.85 bits per heavy atom. The number of ether oxygens (including phenoxy) is 1. The summed E-state index contributed by atoms with van der Waals surface area (Å²) < 4.78 is 5.11. The van der Waals surface area contributed by atoms with Crippen molar-refractivity contribution in [1.82, 2.24) is 9.97 Å². The number of anilines is 3. The van der Waals surface area contributed by atoms with Crippen LogP contribution in [0.2, 0.25) is 5.02 Å². The predicted octanol–water partition coefficient (Wildman–Crippen LogP) is 4.75. The second-order valence-electron chi connectivity index (χ2n) is 6.02. The van der Waals surface area contributed by atoms with Crippen LogP contribution in [-0.4, -0.2) is 23.0 Å². The molecule has 3 aromatic rings. The number of nitrogens with one attached hydrogen (secondary N) is 2. The first-order chi connectivity index (χ1) is 12.9. The maximum absolute atomic E-state index is 12.6. The van der Waals surface area contributed by atoms with E-state index in [1.165, 1.54) is 7.11 Å². The van der Waals surface area contributed by atoms with E-state index in [-0.39, 0.29) is 11.6 Å². The van der Waals surface area contributed by atoms with Gasteiger partial charge in [-0.1, -0.05) is 23.7 Å². The number of benzene rings is 2. The SMILES string of the molecule is COc1ccc(NC(=O)c2cc(C)nc(Nc3cccc(C)c3)n2)cc1Cl. The summed E-state index contributed by atoms with van der Waals surface area (Å²) in [4.78, 5) is 21.3. The first-order valence-electron chi connectivity index (χ1n) is 8.29. The number of hydrogen-bond acceptors (Lipinski definition) is 5. The fraction of sp³-hybridized carbons (Fsp3) is 0.150. The summed E-state index contributed by atoms with van der Waals surface area (Å²) in [6, 6.07) is 14.5. The summed E-state index contributed by atoms with van der Waals surface area (Å²) in [5.41, 5.74) is 3.45. The highest BCUT2D eigenvalue weighted by Gasteiger charge is 2.12. The summed E-state index contributed by atoms with van der Waals surface area (Å²) in [5, 5.41) is 6.32. The molecule has 2 N–H and O–H groups in total. The van der Waals surface area contributed by atoms with Gasteiger partial charge in [0.05, 0.1) is 12.1 Å². The Labute approximate surface area is 162 Å². The van der Waals surface area contributed by atoms with Crippen LogP contribution in [0.1, 0.15) is 21.7 Å². The molecule has 0 bridgehead atoms. The van der Waals surface area contributed by atoms with Crippen LogP contribution in [0.3, 0.4) is 0 Å². The highest BCUT2D eigenvalue weighted by Crippen LogP contribution is 2.27. The normalized spacial score (nSPS) is 10.4. The lowest BCUT2D eigenvalue weighted by Crippen LogP contribution is -2.15. The Hall–Kier alpha value is -3.12. The predicted molar refractivity (Wildman–Crippen MR) is 107 cm³/mol. The van der Waals surface area contributed by atoms with Gasteiger partial charge in [0.1, 0.15) is 11.4 Å². The number of rotatable bonds is 5. The molecule has 1 aromatic heterocycles. The van der Waals surface area contributed by atoms with E-state index in [2.05, 4.69) is 20.6 Å². The quantitative estimate of drug-likeness (QED) is 0.665. The van der Waals surface area contributed by atoms with Crippen molar-refractivity contribution in [2.24, 2.45) is 0 Å². The van der Waals surface area contributed by atoms with E-state index in [0.717, 1.165) is 11.3 Å². The third-order valence-electron chi connectivity index (χ3n) is 3.77. The van der Waals surface area contributed by atoms with Gasteiger partial charge in [0.2, 0.25) is 5.95 Å². The van der Waals surface area contributed by atoms with E-state index in [0.29, 0.717) is 28.1 Å². The van der Waals surface area contributed by atoms with Gasteiger partial charge in [-0.25, -0.2) is 9.97 Å². The Morgan fingerprint density at radius 3 is 2.56 bits per heavy atom. The molecule has 0 aliphatic carbocycles. The fourth-order valence-electron chi connectivity index (χ4n) is 2.53. The number of aryl methyl sites for hydroxylation is 2. The molecule has 2 aromatic carbocycles. The van der Waals surface area contributed by atoms with Crippen molar-refractivity contribution in [3.63, 3.8) is 0 Å². The van der Waals surface area contributed by atoms with Crippen molar-refractivity contribution in [3.8, 4) is 5.75 Å². The summed E-state index contributed by atoms with van der Waals surface area (Å²) >= 11 is 6.10. The molecule has 0 unspecified atom stereocenters. The number of amides is 1. The number of nitrogens with zero attached hydrogens (tertiary/aromatic N) is 2. The highest BCUT2D eigenvalue weighted by atomic mass is 35.5. The van der Waals surface area contributed by atoms with Gasteiger partial charge in [-0.15, -0.1) is 0 Å². The third-order valence-corrected chi connectivity index (χ3v) is 4.07. The van der Waals surface area contributed by atoms with Crippen LogP contribution in [0.4, 0.5) is 17.3 Å². The number of methoxy groups -OCH3 is 1. The Balaban J connectivity index is 1.80. The summed E-state index contributed by atoms with van der Waals surface area (Å²) in [6.07, 6.45) is 0. The van der Waals surface area contributed by atoms with Crippen LogP contribution in [0, 0.1) is 13.8 Å². The van der Waals surface area contributed by atoms with Crippen molar-refractivity contribution < 1.29 is 9.53 Å². The second kappa shape index (κ2) is 8.05. The molecule has 0 saturated carbocycles. The summed E-state index contributed by atoms with van der Waals surface area (Å²) in [7, 11) is 1.53. The zero-order valence-corrected chi connectivity index (χ0v) is 16.0. The van der Waals surface area contributed by atoms with E-state index in [1.807, 2.05) is 38.1 Å². The lowest BCUT2D eigenvalue weighted by molar-refractivity contribution is 0.102. The number of carbonyl (C=O) groups excluding carboxylic acids is 1. The molecule has 27 heavy (non-hydrogen) atoms. The number of hydrogen-bond donors (Lipinski definition) is 2. The molecule has 1 heterocycles. The van der Waals surface area contributed by atoms with Crippen molar-refractivity contribution in [1.29, 1.82) is 0 Å². The minimum Gasteiger partial charge on any atom is -0.495 e. The number of carbonyl (C=O) groups is 1. The highest BCUT2D eigenvalue weighted by molar-refractivity contribution is 6.32. The molecule has 0 aliphatic heterocycles. The van der Waals surface area contributed by atoms with E-state index in [4.69, 9.17) is 16.3 Å². The Bertz CT molecular complexity index is 991. The molecule has 0 atom stereocenters. The van der Waals surface area contributed by atoms with Gasteiger partial charge in [0, 0.05) is 17.1 Å². The van der Waals surface area contributed by atoms with Crippen molar-refractivity contribution in [2.45, 2.75) is 13.8 Å². The Kier molecular flexibility index (Phi) is 5.57. The molecule has 0 spiro atoms. The first kappa shape index (κ1) is 18.7. The van der Waals surface area contributed by atoms with Crippen LogP contribution < -0.4 is 15.4 Å². The summed E-state index contributed by atoms with van der Waals surface area (Å²) in [6.45, 7) is 3.81. The average Bonchev–Trinajstić information content (AvgIpc) is 2.61. The van der Waals surface area contributed by atoms with Gasteiger partial charge in [0.15, 0.2) is 0 Å². The van der Waals surface area contributed by atoms with E-state index in [1.54, 1.807) is 24.3 Å². The molecular formula is C20H19ClN4O2. The molecule has 3 rings (SSSR count). The molecule has 6 nitrogen and oxygen atoms in total. The minimum atomic E-state index is -0.353. The van der Waals surface area contributed by atoms with Crippen LogP contribution in [-0.2, 0) is 0 Å². The molecule has 0 radical (unpaired) electrons. The van der Waals surface area contributed by atoms with Crippen molar-refractivity contribution in [3.05, 3.63) is 70.5 Å². The van der Waals surface area contributed by atoms with Crippen molar-refractivity contribution in [2.75, 3.05) is 17.7 Å². The Morgan fingerprint density at radius 1 is 1.04 bits per heavy atom. The van der Waals surface area contributed by atoms with E-state index >= 15 is 0 Å². The lowest BCUT2D eigenvalue weighted by Gasteiger charge is -2.10. The van der Waals surface area contributed by atoms with E-state index < -0.39 is 0 Å². The first-order valence-corrected chi connectivity index (χ1v) is 8.66. The van der Waals surface area contributed by atoms with Gasteiger partial charge in [0.25, 0.3) is 5.91 Å². The smallest absolute Gasteiger partial charge is 0.274 e. The van der Waals surface area contributed by atoms with Crippen LogP contribution >= 0.6 is 11.6 Å². The molecule has 7 heteroatoms.